The van der Waals surface area contributed by atoms with Crippen molar-refractivity contribution in [2.24, 2.45) is 10.9 Å². The summed E-state index contributed by atoms with van der Waals surface area (Å²) in [5.74, 6) is 0.674. The molecule has 0 atom stereocenters. The third-order valence-electron chi connectivity index (χ3n) is 2.71. The first-order valence-electron chi connectivity index (χ1n) is 5.95. The molecule has 3 N–H and O–H groups in total. The lowest BCUT2D eigenvalue weighted by molar-refractivity contribution is 0.318. The Morgan fingerprint density at radius 3 is 2.78 bits per heavy atom. The predicted molar refractivity (Wildman–Crippen MR) is 72.1 cm³/mol. The van der Waals surface area contributed by atoms with Crippen LogP contribution in [-0.2, 0) is 6.54 Å². The van der Waals surface area contributed by atoms with E-state index in [0.717, 1.165) is 25.1 Å². The van der Waals surface area contributed by atoms with Crippen LogP contribution in [0.4, 0.5) is 0 Å². The Balaban J connectivity index is 2.92. The molecule has 0 saturated heterocycles. The smallest absolute Gasteiger partial charge is 0.173 e. The van der Waals surface area contributed by atoms with Gasteiger partial charge in [-0.3, -0.25) is 0 Å². The molecule has 5 heteroatoms. The fourth-order valence-electron chi connectivity index (χ4n) is 1.87. The van der Waals surface area contributed by atoms with Crippen molar-refractivity contribution < 1.29 is 9.94 Å². The van der Waals surface area contributed by atoms with E-state index < -0.39 is 0 Å². The van der Waals surface area contributed by atoms with Crippen LogP contribution in [0.5, 0.6) is 5.75 Å². The van der Waals surface area contributed by atoms with Gasteiger partial charge in [-0.15, -0.1) is 0 Å². The van der Waals surface area contributed by atoms with Gasteiger partial charge in [0, 0.05) is 6.54 Å². The fourth-order valence-corrected chi connectivity index (χ4v) is 1.87. The molecule has 1 aromatic rings. The number of amidine groups is 1. The zero-order chi connectivity index (χ0) is 13.5. The molecule has 5 nitrogen and oxygen atoms in total. The average Bonchev–Trinajstić information content (AvgIpc) is 2.38. The fraction of sp³-hybridized carbons (Fsp3) is 0.462. The number of oxime groups is 1. The molecule has 0 spiro atoms. The predicted octanol–water partition coefficient (Wildman–Crippen LogP) is 1.63. The summed E-state index contributed by atoms with van der Waals surface area (Å²) < 4.78 is 5.26. The van der Waals surface area contributed by atoms with Gasteiger partial charge >= 0.3 is 0 Å². The molecule has 0 fully saturated rings. The van der Waals surface area contributed by atoms with Crippen LogP contribution in [0.2, 0.25) is 0 Å². The number of nitrogens with two attached hydrogens (primary N) is 1. The lowest BCUT2D eigenvalue weighted by atomic mass is 10.1. The molecule has 0 aliphatic carbocycles. The second kappa shape index (κ2) is 6.86. The molecule has 0 heterocycles. The molecule has 0 aromatic heterocycles. The van der Waals surface area contributed by atoms with Gasteiger partial charge in [-0.1, -0.05) is 18.1 Å². The van der Waals surface area contributed by atoms with E-state index in [0.29, 0.717) is 11.3 Å². The SMILES string of the molecule is CCCN(C)Cc1ccc(/C(N)=N/O)c(OC)c1. The lowest BCUT2D eigenvalue weighted by Gasteiger charge is -2.16. The Kier molecular flexibility index (Phi) is 5.45. The molecule has 1 rings (SSSR count). The number of methoxy groups -OCH3 is 1. The minimum atomic E-state index is 0.0558. The van der Waals surface area contributed by atoms with Gasteiger partial charge in [0.25, 0.3) is 0 Å². The van der Waals surface area contributed by atoms with Gasteiger partial charge in [0.1, 0.15) is 5.75 Å². The topological polar surface area (TPSA) is 71.1 Å². The average molecular weight is 251 g/mol. The summed E-state index contributed by atoms with van der Waals surface area (Å²) in [5.41, 5.74) is 7.31. The number of benzene rings is 1. The summed E-state index contributed by atoms with van der Waals surface area (Å²) in [5, 5.41) is 11.7. The molecule has 0 aliphatic rings. The highest BCUT2D eigenvalue weighted by atomic mass is 16.5. The van der Waals surface area contributed by atoms with Crippen LogP contribution >= 0.6 is 0 Å². The van der Waals surface area contributed by atoms with E-state index in [1.807, 2.05) is 18.2 Å². The summed E-state index contributed by atoms with van der Waals surface area (Å²) in [6, 6.07) is 5.69. The van der Waals surface area contributed by atoms with E-state index in [-0.39, 0.29) is 5.84 Å². The first-order chi connectivity index (χ1) is 8.62. The Bertz CT molecular complexity index is 419. The van der Waals surface area contributed by atoms with Gasteiger partial charge in [0.15, 0.2) is 5.84 Å². The van der Waals surface area contributed by atoms with E-state index >= 15 is 0 Å². The van der Waals surface area contributed by atoms with E-state index in [9.17, 15) is 0 Å². The maximum absolute atomic E-state index is 8.69. The number of nitrogens with zero attached hydrogens (tertiary/aromatic N) is 2. The summed E-state index contributed by atoms with van der Waals surface area (Å²) in [6.07, 6.45) is 1.12. The summed E-state index contributed by atoms with van der Waals surface area (Å²) >= 11 is 0. The minimum absolute atomic E-state index is 0.0558. The van der Waals surface area contributed by atoms with Crippen molar-refractivity contribution >= 4 is 5.84 Å². The molecule has 18 heavy (non-hydrogen) atoms. The van der Waals surface area contributed by atoms with Crippen LogP contribution in [0.3, 0.4) is 0 Å². The molecular weight excluding hydrogens is 230 g/mol. The van der Waals surface area contributed by atoms with Crippen LogP contribution < -0.4 is 10.5 Å². The van der Waals surface area contributed by atoms with Crippen molar-refractivity contribution in [2.75, 3.05) is 20.7 Å². The van der Waals surface area contributed by atoms with Gasteiger partial charge in [-0.05, 0) is 37.7 Å². The summed E-state index contributed by atoms with van der Waals surface area (Å²) in [4.78, 5) is 2.23. The maximum atomic E-state index is 8.69. The van der Waals surface area contributed by atoms with Crippen molar-refractivity contribution in [1.82, 2.24) is 4.90 Å². The number of rotatable bonds is 6. The molecule has 0 saturated carbocycles. The number of hydrogen-bond donors (Lipinski definition) is 2. The first-order valence-corrected chi connectivity index (χ1v) is 5.95. The molecule has 0 aliphatic heterocycles. The van der Waals surface area contributed by atoms with Crippen molar-refractivity contribution in [3.05, 3.63) is 29.3 Å². The van der Waals surface area contributed by atoms with Gasteiger partial charge < -0.3 is 20.6 Å². The van der Waals surface area contributed by atoms with Crippen molar-refractivity contribution in [3.8, 4) is 5.75 Å². The van der Waals surface area contributed by atoms with Crippen molar-refractivity contribution in [2.45, 2.75) is 19.9 Å². The van der Waals surface area contributed by atoms with Crippen LogP contribution in [0.1, 0.15) is 24.5 Å². The largest absolute Gasteiger partial charge is 0.496 e. The Morgan fingerprint density at radius 2 is 2.22 bits per heavy atom. The monoisotopic (exact) mass is 251 g/mol. The summed E-state index contributed by atoms with van der Waals surface area (Å²) in [7, 11) is 3.65. The molecule has 100 valence electrons. The third kappa shape index (κ3) is 3.63. The zero-order valence-electron chi connectivity index (χ0n) is 11.2. The zero-order valence-corrected chi connectivity index (χ0v) is 11.2. The summed E-state index contributed by atoms with van der Waals surface area (Å²) in [6.45, 7) is 4.05. The quantitative estimate of drug-likeness (QED) is 0.349. The number of hydrogen-bond acceptors (Lipinski definition) is 4. The van der Waals surface area contributed by atoms with Crippen molar-refractivity contribution in [1.29, 1.82) is 0 Å². The number of ether oxygens (including phenoxy) is 1. The Morgan fingerprint density at radius 1 is 1.50 bits per heavy atom. The normalized spacial score (nSPS) is 11.9. The molecule has 0 amide bonds. The van der Waals surface area contributed by atoms with Gasteiger partial charge in [0.05, 0.1) is 12.7 Å². The second-order valence-electron chi connectivity index (χ2n) is 4.26. The Hall–Kier alpha value is -1.75. The maximum Gasteiger partial charge on any atom is 0.173 e. The van der Waals surface area contributed by atoms with E-state index in [1.165, 1.54) is 0 Å². The first kappa shape index (κ1) is 14.3. The molecule has 0 bridgehead atoms. The highest BCUT2D eigenvalue weighted by Crippen LogP contribution is 2.20. The highest BCUT2D eigenvalue weighted by molar-refractivity contribution is 5.99. The Labute approximate surface area is 108 Å². The van der Waals surface area contributed by atoms with Crippen LogP contribution in [-0.4, -0.2) is 36.6 Å². The van der Waals surface area contributed by atoms with Crippen LogP contribution in [0.25, 0.3) is 0 Å². The van der Waals surface area contributed by atoms with Crippen LogP contribution in [0, 0.1) is 0 Å². The van der Waals surface area contributed by atoms with E-state index in [4.69, 9.17) is 15.7 Å². The van der Waals surface area contributed by atoms with Crippen LogP contribution in [0.15, 0.2) is 23.4 Å². The van der Waals surface area contributed by atoms with E-state index in [1.54, 1.807) is 7.11 Å². The minimum Gasteiger partial charge on any atom is -0.496 e. The molecule has 0 radical (unpaired) electrons. The second-order valence-corrected chi connectivity index (χ2v) is 4.26. The lowest BCUT2D eigenvalue weighted by Crippen LogP contribution is -2.19. The van der Waals surface area contributed by atoms with Gasteiger partial charge in [-0.2, -0.15) is 0 Å². The standard InChI is InChI=1S/C13H21N3O2/c1-4-7-16(2)9-10-5-6-11(13(14)15-17)12(8-10)18-3/h5-6,8,17H,4,7,9H2,1-3H3,(H2,14,15). The third-order valence-corrected chi connectivity index (χ3v) is 2.71. The van der Waals surface area contributed by atoms with Gasteiger partial charge in [-0.25, -0.2) is 0 Å². The molecule has 1 aromatic carbocycles. The van der Waals surface area contributed by atoms with Gasteiger partial charge in [0.2, 0.25) is 0 Å². The van der Waals surface area contributed by atoms with E-state index in [2.05, 4.69) is 24.0 Å². The molecular formula is C13H21N3O2. The highest BCUT2D eigenvalue weighted by Gasteiger charge is 2.09. The molecule has 0 unspecified atom stereocenters. The van der Waals surface area contributed by atoms with Crippen molar-refractivity contribution in [3.63, 3.8) is 0 Å².